The van der Waals surface area contributed by atoms with Crippen molar-refractivity contribution in [2.75, 3.05) is 4.90 Å². The van der Waals surface area contributed by atoms with Gasteiger partial charge in [-0.05, 0) is 92.0 Å². The maximum absolute atomic E-state index is 2.55. The van der Waals surface area contributed by atoms with Gasteiger partial charge < -0.3 is 4.90 Å². The zero-order chi connectivity index (χ0) is 37.8. The van der Waals surface area contributed by atoms with Crippen molar-refractivity contribution in [3.05, 3.63) is 198 Å². The molecule has 9 aromatic rings. The first-order valence-corrected chi connectivity index (χ1v) is 20.5. The first-order chi connectivity index (χ1) is 27.3. The molecule has 1 nitrogen and oxygen atoms in total. The summed E-state index contributed by atoms with van der Waals surface area (Å²) in [5.74, 6) is 0. The van der Waals surface area contributed by atoms with Crippen LogP contribution in [-0.2, 0) is 10.8 Å². The van der Waals surface area contributed by atoms with E-state index in [0.717, 1.165) is 11.4 Å². The minimum atomic E-state index is -0.124. The van der Waals surface area contributed by atoms with E-state index < -0.39 is 0 Å². The summed E-state index contributed by atoms with van der Waals surface area (Å²) in [7, 11) is 0. The van der Waals surface area contributed by atoms with Crippen LogP contribution in [0.4, 0.5) is 17.1 Å². The number of hydrogen-bond donors (Lipinski definition) is 0. The van der Waals surface area contributed by atoms with Gasteiger partial charge in [0.15, 0.2) is 0 Å². The van der Waals surface area contributed by atoms with E-state index in [1.54, 1.807) is 0 Å². The summed E-state index contributed by atoms with van der Waals surface area (Å²) in [6.45, 7) is 9.51. The Morgan fingerprint density at radius 2 is 0.982 bits per heavy atom. The molecule has 2 aliphatic rings. The molecule has 0 atom stereocenters. The third kappa shape index (κ3) is 4.66. The Bertz CT molecular complexity index is 3050. The van der Waals surface area contributed by atoms with E-state index in [9.17, 15) is 0 Å². The van der Waals surface area contributed by atoms with E-state index >= 15 is 0 Å². The van der Waals surface area contributed by atoms with Crippen molar-refractivity contribution in [2.45, 2.75) is 38.5 Å². The Morgan fingerprint density at radius 1 is 0.411 bits per heavy atom. The van der Waals surface area contributed by atoms with Gasteiger partial charge in [-0.1, -0.05) is 167 Å². The lowest BCUT2D eigenvalue weighted by molar-refractivity contribution is 0.660. The van der Waals surface area contributed by atoms with Gasteiger partial charge in [0, 0.05) is 47.8 Å². The molecule has 0 fully saturated rings. The van der Waals surface area contributed by atoms with E-state index in [1.165, 1.54) is 92.6 Å². The van der Waals surface area contributed by atoms with Crippen LogP contribution in [0, 0.1) is 0 Å². The van der Waals surface area contributed by atoms with Crippen molar-refractivity contribution in [3.63, 3.8) is 0 Å². The summed E-state index contributed by atoms with van der Waals surface area (Å²) in [5, 5.41) is 2.63. The lowest BCUT2D eigenvalue weighted by Crippen LogP contribution is -2.17. The van der Waals surface area contributed by atoms with E-state index in [0.29, 0.717) is 0 Å². The Morgan fingerprint density at radius 3 is 1.84 bits per heavy atom. The summed E-state index contributed by atoms with van der Waals surface area (Å²) in [5.41, 5.74) is 19.1. The Balaban J connectivity index is 1.19. The van der Waals surface area contributed by atoms with Crippen molar-refractivity contribution in [2.24, 2.45) is 0 Å². The molecule has 2 aliphatic carbocycles. The smallest absolute Gasteiger partial charge is 0.0543 e. The van der Waals surface area contributed by atoms with Crippen LogP contribution >= 0.6 is 11.3 Å². The highest BCUT2D eigenvalue weighted by molar-refractivity contribution is 7.25. The minimum Gasteiger partial charge on any atom is -0.309 e. The van der Waals surface area contributed by atoms with Gasteiger partial charge >= 0.3 is 0 Å². The summed E-state index contributed by atoms with van der Waals surface area (Å²) in [4.78, 5) is 2.55. The number of benzene rings is 8. The molecule has 1 heterocycles. The second-order valence-corrected chi connectivity index (χ2v) is 17.5. The molecule has 268 valence electrons. The average molecular weight is 736 g/mol. The second-order valence-electron chi connectivity index (χ2n) is 16.4. The molecular weight excluding hydrogens is 695 g/mol. The molecule has 8 aromatic carbocycles. The standard InChI is InChI=1S/C54H41NS/c1-53(2)44-27-10-6-21-41(44)51-45(53)28-16-30-47(51)55(46-29-11-7-20-38(46)39-24-15-32-49-50(39)42-22-8-12-31-48(42)56-49)35-18-13-17-34(33-35)36-23-14-25-40-37-19-5-9-26-43(37)54(3,4)52(36)40/h5-33H,1-4H3. The molecule has 11 rings (SSSR count). The van der Waals surface area contributed by atoms with Crippen LogP contribution in [0.3, 0.4) is 0 Å². The van der Waals surface area contributed by atoms with Crippen LogP contribution in [0.25, 0.3) is 64.7 Å². The van der Waals surface area contributed by atoms with Crippen LogP contribution in [-0.4, -0.2) is 0 Å². The molecule has 2 heteroatoms. The van der Waals surface area contributed by atoms with Crippen molar-refractivity contribution >= 4 is 48.6 Å². The zero-order valence-corrected chi connectivity index (χ0v) is 32.9. The van der Waals surface area contributed by atoms with Gasteiger partial charge in [-0.15, -0.1) is 11.3 Å². The molecule has 0 radical (unpaired) electrons. The number of rotatable bonds is 5. The summed E-state index contributed by atoms with van der Waals surface area (Å²) in [6, 6.07) is 65.7. The molecule has 0 saturated carbocycles. The fourth-order valence-corrected chi connectivity index (χ4v) is 11.3. The molecule has 0 saturated heterocycles. The fraction of sp³-hybridized carbons (Fsp3) is 0.111. The SMILES string of the molecule is CC1(C)c2ccccc2-c2c(N(c3cccc(-c4cccc5c4C(C)(C)c4ccccc4-5)c3)c3ccccc3-c3cccc4sc5ccccc5c34)cccc21. The first-order valence-electron chi connectivity index (χ1n) is 19.7. The zero-order valence-electron chi connectivity index (χ0n) is 32.1. The minimum absolute atomic E-state index is 0.123. The largest absolute Gasteiger partial charge is 0.309 e. The molecule has 0 unspecified atom stereocenters. The van der Waals surface area contributed by atoms with E-state index in [2.05, 4.69) is 209 Å². The third-order valence-electron chi connectivity index (χ3n) is 12.7. The number of hydrogen-bond acceptors (Lipinski definition) is 2. The molecule has 56 heavy (non-hydrogen) atoms. The van der Waals surface area contributed by atoms with Crippen molar-refractivity contribution in [3.8, 4) is 44.5 Å². The lowest BCUT2D eigenvalue weighted by atomic mass is 9.79. The van der Waals surface area contributed by atoms with Gasteiger partial charge in [0.05, 0.1) is 11.4 Å². The normalized spacial score (nSPS) is 14.4. The maximum atomic E-state index is 2.55. The molecule has 0 N–H and O–H groups in total. The molecule has 0 bridgehead atoms. The highest BCUT2D eigenvalue weighted by Gasteiger charge is 2.39. The van der Waals surface area contributed by atoms with Gasteiger partial charge in [0.2, 0.25) is 0 Å². The Hall–Kier alpha value is -6.22. The third-order valence-corrected chi connectivity index (χ3v) is 13.8. The maximum Gasteiger partial charge on any atom is 0.0543 e. The van der Waals surface area contributed by atoms with Gasteiger partial charge in [-0.25, -0.2) is 0 Å². The fourth-order valence-electron chi connectivity index (χ4n) is 10.1. The number of thiophene rings is 1. The summed E-state index contributed by atoms with van der Waals surface area (Å²) in [6.07, 6.45) is 0. The van der Waals surface area contributed by atoms with Crippen LogP contribution < -0.4 is 4.90 Å². The van der Waals surface area contributed by atoms with Crippen molar-refractivity contribution < 1.29 is 0 Å². The van der Waals surface area contributed by atoms with Crippen LogP contribution in [0.2, 0.25) is 0 Å². The monoisotopic (exact) mass is 735 g/mol. The van der Waals surface area contributed by atoms with E-state index in [4.69, 9.17) is 0 Å². The van der Waals surface area contributed by atoms with Gasteiger partial charge in [0.25, 0.3) is 0 Å². The lowest BCUT2D eigenvalue weighted by Gasteiger charge is -2.31. The van der Waals surface area contributed by atoms with Gasteiger partial charge in [-0.3, -0.25) is 0 Å². The molecule has 0 amide bonds. The predicted molar refractivity (Wildman–Crippen MR) is 240 cm³/mol. The quantitative estimate of drug-likeness (QED) is 0.170. The highest BCUT2D eigenvalue weighted by atomic mass is 32.1. The Kier molecular flexibility index (Phi) is 7.18. The second kappa shape index (κ2) is 12.1. The summed E-state index contributed by atoms with van der Waals surface area (Å²) >= 11 is 1.88. The highest BCUT2D eigenvalue weighted by Crippen LogP contribution is 2.56. The Labute approximate surface area is 333 Å². The van der Waals surface area contributed by atoms with Crippen LogP contribution in [0.15, 0.2) is 176 Å². The number of fused-ring (bicyclic) bond motifs is 9. The summed E-state index contributed by atoms with van der Waals surface area (Å²) < 4.78 is 2.63. The molecule has 1 aromatic heterocycles. The number of para-hydroxylation sites is 1. The predicted octanol–water partition coefficient (Wildman–Crippen LogP) is 15.5. The van der Waals surface area contributed by atoms with E-state index in [-0.39, 0.29) is 10.8 Å². The van der Waals surface area contributed by atoms with E-state index in [1.807, 2.05) is 11.3 Å². The van der Waals surface area contributed by atoms with Crippen LogP contribution in [0.5, 0.6) is 0 Å². The number of anilines is 3. The van der Waals surface area contributed by atoms with Crippen LogP contribution in [0.1, 0.15) is 49.9 Å². The molecular formula is C54H41NS. The molecule has 0 aliphatic heterocycles. The number of nitrogens with zero attached hydrogens (tertiary/aromatic N) is 1. The van der Waals surface area contributed by atoms with Gasteiger partial charge in [-0.2, -0.15) is 0 Å². The van der Waals surface area contributed by atoms with Gasteiger partial charge in [0.1, 0.15) is 0 Å². The first kappa shape index (κ1) is 33.1. The molecule has 0 spiro atoms. The topological polar surface area (TPSA) is 3.24 Å². The average Bonchev–Trinajstić information content (AvgIpc) is 3.82. The van der Waals surface area contributed by atoms with Crippen molar-refractivity contribution in [1.29, 1.82) is 0 Å². The van der Waals surface area contributed by atoms with Crippen molar-refractivity contribution in [1.82, 2.24) is 0 Å².